The summed E-state index contributed by atoms with van der Waals surface area (Å²) in [6.07, 6.45) is 4.91. The molecule has 0 unspecified atom stereocenters. The van der Waals surface area contributed by atoms with Crippen LogP contribution < -0.4 is 0 Å². The predicted molar refractivity (Wildman–Crippen MR) is 40.8 cm³/mol. The van der Waals surface area contributed by atoms with E-state index in [9.17, 15) is 4.79 Å². The minimum Gasteiger partial charge on any atom is -0.264 e. The van der Waals surface area contributed by atoms with Crippen LogP contribution in [0, 0.1) is 6.92 Å². The van der Waals surface area contributed by atoms with E-state index in [0.29, 0.717) is 6.54 Å². The van der Waals surface area contributed by atoms with E-state index in [2.05, 4.69) is 9.98 Å². The van der Waals surface area contributed by atoms with E-state index < -0.39 is 0 Å². The Morgan fingerprint density at radius 3 is 3.18 bits per heavy atom. The van der Waals surface area contributed by atoms with Gasteiger partial charge in [-0.2, -0.15) is 0 Å². The monoisotopic (exact) mass is 148 g/mol. The maximum Gasteiger partial charge on any atom is 0.235 e. The van der Waals surface area contributed by atoms with Crippen molar-refractivity contribution in [1.29, 1.82) is 0 Å². The molecule has 11 heavy (non-hydrogen) atoms. The van der Waals surface area contributed by atoms with Crippen LogP contribution in [0.25, 0.3) is 0 Å². The van der Waals surface area contributed by atoms with Crippen molar-refractivity contribution < 1.29 is 4.79 Å². The number of rotatable bonds is 2. The first-order chi connectivity index (χ1) is 5.34. The zero-order chi connectivity index (χ0) is 8.10. The maximum absolute atomic E-state index is 9.78. The summed E-state index contributed by atoms with van der Waals surface area (Å²) in [4.78, 5) is 17.1. The Balaban J connectivity index is 2.85. The van der Waals surface area contributed by atoms with Gasteiger partial charge in [0.25, 0.3) is 0 Å². The molecule has 1 heterocycles. The van der Waals surface area contributed by atoms with E-state index in [1.54, 1.807) is 12.4 Å². The van der Waals surface area contributed by atoms with Crippen LogP contribution >= 0.6 is 0 Å². The zero-order valence-electron chi connectivity index (χ0n) is 6.24. The summed E-state index contributed by atoms with van der Waals surface area (Å²) in [6, 6.07) is 1.88. The fourth-order valence-electron chi connectivity index (χ4n) is 0.780. The molecule has 1 rings (SSSR count). The lowest BCUT2D eigenvalue weighted by Gasteiger charge is -1.97. The molecular formula is C8H8N2O. The second kappa shape index (κ2) is 3.64. The van der Waals surface area contributed by atoms with Crippen LogP contribution in [0.3, 0.4) is 0 Å². The molecule has 56 valence electrons. The highest BCUT2D eigenvalue weighted by molar-refractivity contribution is 5.34. The second-order valence-electron chi connectivity index (χ2n) is 2.21. The molecular weight excluding hydrogens is 140 g/mol. The van der Waals surface area contributed by atoms with Gasteiger partial charge in [0.05, 0.1) is 6.54 Å². The number of hydrogen-bond donors (Lipinski definition) is 0. The summed E-state index contributed by atoms with van der Waals surface area (Å²) in [5.41, 5.74) is 2.06. The third kappa shape index (κ3) is 1.99. The van der Waals surface area contributed by atoms with Gasteiger partial charge in [-0.25, -0.2) is 9.79 Å². The van der Waals surface area contributed by atoms with Crippen LogP contribution in [0.1, 0.15) is 11.1 Å². The lowest BCUT2D eigenvalue weighted by molar-refractivity contribution is 0.562. The molecule has 0 aliphatic carbocycles. The molecule has 0 radical (unpaired) electrons. The fraction of sp³-hybridized carbons (Fsp3) is 0.250. The summed E-state index contributed by atoms with van der Waals surface area (Å²) in [5.74, 6) is 0. The Hall–Kier alpha value is -1.47. The first kappa shape index (κ1) is 7.63. The molecule has 3 nitrogen and oxygen atoms in total. The normalized spacial score (nSPS) is 8.82. The standard InChI is InChI=1S/C8H8N2O/c1-7-2-3-9-4-8(7)5-10-6-11/h2-4H,5H2,1H3. The summed E-state index contributed by atoms with van der Waals surface area (Å²) in [5, 5.41) is 0. The minimum absolute atomic E-state index is 0.378. The van der Waals surface area contributed by atoms with Gasteiger partial charge >= 0.3 is 0 Å². The third-order valence-electron chi connectivity index (χ3n) is 1.46. The molecule has 0 fully saturated rings. The number of isocyanates is 1. The van der Waals surface area contributed by atoms with Gasteiger partial charge in [0.1, 0.15) is 0 Å². The molecule has 0 atom stereocenters. The van der Waals surface area contributed by atoms with E-state index >= 15 is 0 Å². The molecule has 0 amide bonds. The van der Waals surface area contributed by atoms with Crippen molar-refractivity contribution in [1.82, 2.24) is 4.98 Å². The van der Waals surface area contributed by atoms with Gasteiger partial charge in [-0.1, -0.05) is 0 Å². The Morgan fingerprint density at radius 2 is 2.55 bits per heavy atom. The number of carbonyl (C=O) groups excluding carboxylic acids is 1. The molecule has 1 aromatic heterocycles. The van der Waals surface area contributed by atoms with Crippen molar-refractivity contribution in [2.24, 2.45) is 4.99 Å². The highest BCUT2D eigenvalue weighted by Crippen LogP contribution is 2.05. The van der Waals surface area contributed by atoms with Gasteiger partial charge < -0.3 is 0 Å². The Kier molecular flexibility index (Phi) is 2.53. The largest absolute Gasteiger partial charge is 0.264 e. The van der Waals surface area contributed by atoms with Gasteiger partial charge in [-0.15, -0.1) is 0 Å². The lowest BCUT2D eigenvalue weighted by atomic mass is 10.2. The number of aromatic nitrogens is 1. The molecule has 0 aliphatic heterocycles. The van der Waals surface area contributed by atoms with Crippen molar-refractivity contribution in [2.75, 3.05) is 0 Å². The lowest BCUT2D eigenvalue weighted by Crippen LogP contribution is -1.87. The average molecular weight is 148 g/mol. The van der Waals surface area contributed by atoms with Crippen molar-refractivity contribution in [3.8, 4) is 0 Å². The second-order valence-corrected chi connectivity index (χ2v) is 2.21. The maximum atomic E-state index is 9.78. The van der Waals surface area contributed by atoms with Crippen molar-refractivity contribution in [3.63, 3.8) is 0 Å². The average Bonchev–Trinajstić information content (AvgIpc) is 2.03. The van der Waals surface area contributed by atoms with E-state index in [1.807, 2.05) is 13.0 Å². The van der Waals surface area contributed by atoms with Crippen molar-refractivity contribution in [3.05, 3.63) is 29.6 Å². The summed E-state index contributed by atoms with van der Waals surface area (Å²) < 4.78 is 0. The molecule has 0 saturated carbocycles. The van der Waals surface area contributed by atoms with Crippen LogP contribution in [-0.2, 0) is 11.3 Å². The third-order valence-corrected chi connectivity index (χ3v) is 1.46. The van der Waals surface area contributed by atoms with Crippen molar-refractivity contribution in [2.45, 2.75) is 13.5 Å². The van der Waals surface area contributed by atoms with Gasteiger partial charge in [0.2, 0.25) is 6.08 Å². The first-order valence-electron chi connectivity index (χ1n) is 3.27. The van der Waals surface area contributed by atoms with Crippen LogP contribution in [-0.4, -0.2) is 11.1 Å². The summed E-state index contributed by atoms with van der Waals surface area (Å²) in [6.45, 7) is 2.33. The molecule has 3 heteroatoms. The number of nitrogens with zero attached hydrogens (tertiary/aromatic N) is 2. The molecule has 1 aromatic rings. The van der Waals surface area contributed by atoms with Crippen LogP contribution in [0.2, 0.25) is 0 Å². The SMILES string of the molecule is Cc1ccncc1CN=C=O. The highest BCUT2D eigenvalue weighted by atomic mass is 16.1. The molecule has 0 aromatic carbocycles. The molecule has 0 N–H and O–H groups in total. The van der Waals surface area contributed by atoms with E-state index in [4.69, 9.17) is 0 Å². The number of pyridine rings is 1. The fourth-order valence-corrected chi connectivity index (χ4v) is 0.780. The quantitative estimate of drug-likeness (QED) is 0.467. The number of aliphatic imine (C=N–C) groups is 1. The molecule has 0 saturated heterocycles. The van der Waals surface area contributed by atoms with Crippen LogP contribution in [0.5, 0.6) is 0 Å². The highest BCUT2D eigenvalue weighted by Gasteiger charge is 1.93. The molecule has 0 bridgehead atoms. The van der Waals surface area contributed by atoms with E-state index in [0.717, 1.165) is 11.1 Å². The van der Waals surface area contributed by atoms with Gasteiger partial charge in [0.15, 0.2) is 0 Å². The molecule has 0 spiro atoms. The predicted octanol–water partition coefficient (Wildman–Crippen LogP) is 1.23. The smallest absolute Gasteiger partial charge is 0.235 e. The number of hydrogen-bond acceptors (Lipinski definition) is 3. The van der Waals surface area contributed by atoms with Gasteiger partial charge in [-0.05, 0) is 24.1 Å². The summed E-state index contributed by atoms with van der Waals surface area (Å²) in [7, 11) is 0. The minimum atomic E-state index is 0.378. The Morgan fingerprint density at radius 1 is 1.73 bits per heavy atom. The molecule has 0 aliphatic rings. The van der Waals surface area contributed by atoms with Gasteiger partial charge in [-0.3, -0.25) is 4.98 Å². The Bertz CT molecular complexity index is 290. The van der Waals surface area contributed by atoms with E-state index in [1.165, 1.54) is 6.08 Å². The number of aryl methyl sites for hydroxylation is 1. The van der Waals surface area contributed by atoms with Crippen LogP contribution in [0.15, 0.2) is 23.5 Å². The Labute approximate surface area is 64.8 Å². The zero-order valence-corrected chi connectivity index (χ0v) is 6.24. The summed E-state index contributed by atoms with van der Waals surface area (Å²) >= 11 is 0. The van der Waals surface area contributed by atoms with Crippen molar-refractivity contribution >= 4 is 6.08 Å². The van der Waals surface area contributed by atoms with Crippen LogP contribution in [0.4, 0.5) is 0 Å². The first-order valence-corrected chi connectivity index (χ1v) is 3.27. The van der Waals surface area contributed by atoms with Gasteiger partial charge in [0, 0.05) is 12.4 Å². The topological polar surface area (TPSA) is 42.3 Å². The van der Waals surface area contributed by atoms with E-state index in [-0.39, 0.29) is 0 Å².